The number of benzene rings is 1. The van der Waals surface area contributed by atoms with Crippen LogP contribution in [0.25, 0.3) is 11.5 Å². The van der Waals surface area contributed by atoms with Gasteiger partial charge in [-0.25, -0.2) is 9.67 Å². The second-order valence-electron chi connectivity index (χ2n) is 11.5. The van der Waals surface area contributed by atoms with Crippen LogP contribution in [0.3, 0.4) is 0 Å². The van der Waals surface area contributed by atoms with Crippen molar-refractivity contribution >= 4 is 11.8 Å². The number of likely N-dealkylation sites (tertiary alicyclic amines) is 1. The summed E-state index contributed by atoms with van der Waals surface area (Å²) in [6, 6.07) is 8.26. The lowest BCUT2D eigenvalue weighted by Crippen LogP contribution is -2.50. The van der Waals surface area contributed by atoms with E-state index in [9.17, 15) is 14.7 Å². The van der Waals surface area contributed by atoms with Crippen LogP contribution in [-0.4, -0.2) is 67.0 Å². The molecule has 1 aromatic carbocycles. The van der Waals surface area contributed by atoms with Crippen LogP contribution in [0.1, 0.15) is 69.1 Å². The number of nitrogens with one attached hydrogen (secondary N) is 1. The number of aryl methyl sites for hydroxylation is 1. The predicted molar refractivity (Wildman–Crippen MR) is 140 cm³/mol. The fraction of sp³-hybridized carbons (Fsp3) is 0.536. The molecule has 2 N–H and O–H groups in total. The van der Waals surface area contributed by atoms with Crippen molar-refractivity contribution in [1.82, 2.24) is 30.2 Å². The number of aliphatic hydroxyl groups is 1. The Bertz CT molecular complexity index is 1290. The predicted octanol–water partition coefficient (Wildman–Crippen LogP) is 3.03. The standard InChI is InChI=1S/C28H36N6O4/c1-17-21(30-26(38-17)19-8-6-5-7-9-19)12-13-29-25(36)23-14-20(35)15-33(23)27(37)24(28(2,3)4)34-16-22(31-32-34)18-10-11-18/h5-9,16,18,20,23-24,35H,10-15H2,1-4H3,(H,29,36)/t20-,23+,24-/m1/s1. The molecule has 0 bridgehead atoms. The molecule has 10 heteroatoms. The topological polar surface area (TPSA) is 126 Å². The maximum Gasteiger partial charge on any atom is 0.248 e. The molecule has 1 saturated carbocycles. The molecule has 2 aromatic heterocycles. The summed E-state index contributed by atoms with van der Waals surface area (Å²) in [7, 11) is 0. The highest BCUT2D eigenvalue weighted by Crippen LogP contribution is 2.40. The number of hydrogen-bond acceptors (Lipinski definition) is 7. The van der Waals surface area contributed by atoms with Crippen molar-refractivity contribution in [2.75, 3.05) is 13.1 Å². The first kappa shape index (κ1) is 26.1. The van der Waals surface area contributed by atoms with E-state index < -0.39 is 23.6 Å². The number of aliphatic hydroxyl groups excluding tert-OH is 1. The molecule has 0 spiro atoms. The highest BCUT2D eigenvalue weighted by Gasteiger charge is 2.45. The van der Waals surface area contributed by atoms with E-state index in [0.717, 1.165) is 29.8 Å². The molecule has 1 saturated heterocycles. The highest BCUT2D eigenvalue weighted by atomic mass is 16.4. The Balaban J connectivity index is 1.25. The zero-order chi connectivity index (χ0) is 27.0. The third kappa shape index (κ3) is 5.50. The van der Waals surface area contributed by atoms with E-state index in [-0.39, 0.29) is 24.8 Å². The van der Waals surface area contributed by atoms with Crippen molar-refractivity contribution in [2.24, 2.45) is 5.41 Å². The third-order valence-corrected chi connectivity index (χ3v) is 7.28. The third-order valence-electron chi connectivity index (χ3n) is 7.28. The van der Waals surface area contributed by atoms with E-state index in [1.807, 2.05) is 64.2 Å². The summed E-state index contributed by atoms with van der Waals surface area (Å²) < 4.78 is 7.45. The number of oxazole rings is 1. The summed E-state index contributed by atoms with van der Waals surface area (Å²) in [4.78, 5) is 33.2. The molecule has 1 aliphatic carbocycles. The SMILES string of the molecule is Cc1oc(-c2ccccc2)nc1CCNC(=O)[C@@H]1C[C@@H](O)CN1C(=O)[C@@H](n1cc(C2CC2)nn1)C(C)(C)C. The van der Waals surface area contributed by atoms with Gasteiger partial charge in [0.25, 0.3) is 0 Å². The van der Waals surface area contributed by atoms with Gasteiger partial charge in [0.1, 0.15) is 17.8 Å². The molecule has 3 heterocycles. The van der Waals surface area contributed by atoms with E-state index in [0.29, 0.717) is 30.5 Å². The van der Waals surface area contributed by atoms with E-state index in [1.165, 1.54) is 4.90 Å². The van der Waals surface area contributed by atoms with Crippen LogP contribution in [0.15, 0.2) is 40.9 Å². The van der Waals surface area contributed by atoms with Crippen molar-refractivity contribution in [3.05, 3.63) is 53.7 Å². The highest BCUT2D eigenvalue weighted by molar-refractivity contribution is 5.90. The molecule has 2 fully saturated rings. The molecule has 0 radical (unpaired) electrons. The van der Waals surface area contributed by atoms with Crippen LogP contribution in [0.4, 0.5) is 0 Å². The number of amides is 2. The zero-order valence-corrected chi connectivity index (χ0v) is 22.4. The maximum absolute atomic E-state index is 13.8. The summed E-state index contributed by atoms with van der Waals surface area (Å²) in [6.07, 6.45) is 3.96. The molecule has 38 heavy (non-hydrogen) atoms. The van der Waals surface area contributed by atoms with Crippen LogP contribution in [0.2, 0.25) is 0 Å². The van der Waals surface area contributed by atoms with Crippen molar-refractivity contribution < 1.29 is 19.1 Å². The summed E-state index contributed by atoms with van der Waals surface area (Å²) in [5.41, 5.74) is 2.10. The second-order valence-corrected chi connectivity index (χ2v) is 11.5. The van der Waals surface area contributed by atoms with E-state index in [4.69, 9.17) is 4.42 Å². The fourth-order valence-corrected chi connectivity index (χ4v) is 5.11. The average molecular weight is 521 g/mol. The van der Waals surface area contributed by atoms with Gasteiger partial charge < -0.3 is 19.7 Å². The molecular formula is C28H36N6O4. The summed E-state index contributed by atoms with van der Waals surface area (Å²) in [5.74, 6) is 1.15. The van der Waals surface area contributed by atoms with Gasteiger partial charge in [-0.05, 0) is 37.3 Å². The molecule has 3 aromatic rings. The largest absolute Gasteiger partial charge is 0.441 e. The van der Waals surface area contributed by atoms with Gasteiger partial charge in [0, 0.05) is 43.6 Å². The van der Waals surface area contributed by atoms with Gasteiger partial charge in [0.2, 0.25) is 17.7 Å². The van der Waals surface area contributed by atoms with Crippen molar-refractivity contribution in [2.45, 2.75) is 77.5 Å². The van der Waals surface area contributed by atoms with E-state index in [2.05, 4.69) is 20.6 Å². The minimum absolute atomic E-state index is 0.108. The Hall–Kier alpha value is -3.53. The van der Waals surface area contributed by atoms with Crippen LogP contribution < -0.4 is 5.32 Å². The first-order valence-corrected chi connectivity index (χ1v) is 13.3. The Morgan fingerprint density at radius 2 is 1.95 bits per heavy atom. The summed E-state index contributed by atoms with van der Waals surface area (Å²) in [5, 5.41) is 21.9. The summed E-state index contributed by atoms with van der Waals surface area (Å²) >= 11 is 0. The van der Waals surface area contributed by atoms with Gasteiger partial charge in [-0.2, -0.15) is 0 Å². The fourth-order valence-electron chi connectivity index (χ4n) is 5.11. The Morgan fingerprint density at radius 1 is 1.21 bits per heavy atom. The zero-order valence-electron chi connectivity index (χ0n) is 22.4. The number of nitrogens with zero attached hydrogens (tertiary/aromatic N) is 5. The van der Waals surface area contributed by atoms with Crippen molar-refractivity contribution in [1.29, 1.82) is 0 Å². The van der Waals surface area contributed by atoms with Crippen molar-refractivity contribution in [3.8, 4) is 11.5 Å². The lowest BCUT2D eigenvalue weighted by molar-refractivity contribution is -0.144. The Kier molecular flexibility index (Phi) is 7.09. The molecule has 10 nitrogen and oxygen atoms in total. The van der Waals surface area contributed by atoms with Gasteiger partial charge in [-0.3, -0.25) is 9.59 Å². The lowest BCUT2D eigenvalue weighted by atomic mass is 9.85. The van der Waals surface area contributed by atoms with Gasteiger partial charge in [-0.15, -0.1) is 5.10 Å². The van der Waals surface area contributed by atoms with Crippen LogP contribution in [-0.2, 0) is 16.0 Å². The van der Waals surface area contributed by atoms with E-state index >= 15 is 0 Å². The van der Waals surface area contributed by atoms with Gasteiger partial charge in [0.15, 0.2) is 0 Å². The Labute approximate surface area is 222 Å². The van der Waals surface area contributed by atoms with Gasteiger partial charge in [-0.1, -0.05) is 44.2 Å². The smallest absolute Gasteiger partial charge is 0.248 e. The number of aromatic nitrogens is 4. The number of hydrogen-bond donors (Lipinski definition) is 2. The van der Waals surface area contributed by atoms with E-state index in [1.54, 1.807) is 4.68 Å². The number of carbonyl (C=O) groups excluding carboxylic acids is 2. The van der Waals surface area contributed by atoms with Crippen molar-refractivity contribution in [3.63, 3.8) is 0 Å². The first-order chi connectivity index (χ1) is 18.1. The first-order valence-electron chi connectivity index (χ1n) is 13.3. The Morgan fingerprint density at radius 3 is 2.63 bits per heavy atom. The van der Waals surface area contributed by atoms with Gasteiger partial charge >= 0.3 is 0 Å². The molecule has 0 unspecified atom stereocenters. The normalized spacial score (nSPS) is 20.5. The summed E-state index contributed by atoms with van der Waals surface area (Å²) in [6.45, 7) is 8.22. The van der Waals surface area contributed by atoms with Crippen LogP contribution in [0, 0.1) is 12.3 Å². The van der Waals surface area contributed by atoms with Crippen LogP contribution >= 0.6 is 0 Å². The molecule has 5 rings (SSSR count). The number of β-amino-alcohol motifs (C(OH)–C–C–N with tert-alkyl or cyclic N) is 1. The second kappa shape index (κ2) is 10.3. The average Bonchev–Trinajstić information content (AvgIpc) is 3.29. The molecule has 2 aliphatic rings. The molecule has 2 amide bonds. The minimum atomic E-state index is -0.765. The monoisotopic (exact) mass is 520 g/mol. The maximum atomic E-state index is 13.8. The number of carbonyl (C=O) groups is 2. The molecular weight excluding hydrogens is 484 g/mol. The van der Waals surface area contributed by atoms with Crippen LogP contribution in [0.5, 0.6) is 0 Å². The molecule has 1 aliphatic heterocycles. The quantitative estimate of drug-likeness (QED) is 0.467. The molecule has 3 atom stereocenters. The molecule has 202 valence electrons. The van der Waals surface area contributed by atoms with Gasteiger partial charge in [0.05, 0.1) is 17.5 Å². The lowest BCUT2D eigenvalue weighted by Gasteiger charge is -2.34. The number of rotatable bonds is 8. The minimum Gasteiger partial charge on any atom is -0.441 e.